The van der Waals surface area contributed by atoms with Gasteiger partial charge in [0.15, 0.2) is 0 Å². The Morgan fingerprint density at radius 2 is 1.91 bits per heavy atom. The fraction of sp³-hybridized carbons (Fsp3) is 0.370. The molecule has 0 fully saturated rings. The fourth-order valence-corrected chi connectivity index (χ4v) is 5.58. The van der Waals surface area contributed by atoms with Gasteiger partial charge in [0, 0.05) is 26.5 Å². The molecule has 1 N–H and O–H groups in total. The number of benzene rings is 1. The summed E-state index contributed by atoms with van der Waals surface area (Å²) in [6, 6.07) is 18.0. The number of rotatable bonds is 7. The van der Waals surface area contributed by atoms with Crippen LogP contribution in [0.4, 0.5) is 0 Å². The van der Waals surface area contributed by atoms with Crippen LogP contribution in [0.1, 0.15) is 22.5 Å². The summed E-state index contributed by atoms with van der Waals surface area (Å²) in [6.45, 7) is 8.40. The number of ether oxygens (including phenoxy) is 1. The average Bonchev–Trinajstić information content (AvgIpc) is 3.43. The first kappa shape index (κ1) is 22.6. The fourth-order valence-electron chi connectivity index (χ4n) is 4.82. The molecule has 0 amide bonds. The molecule has 3 heterocycles. The monoisotopic (exact) mass is 469 g/mol. The van der Waals surface area contributed by atoms with Crippen LogP contribution >= 0.6 is 0 Å². The maximum Gasteiger partial charge on any atom is 0.130 e. The van der Waals surface area contributed by atoms with Crippen molar-refractivity contribution in [2.24, 2.45) is 4.99 Å². The summed E-state index contributed by atoms with van der Waals surface area (Å²) >= 11 is 0. The topological polar surface area (TPSA) is 73.5 Å². The van der Waals surface area contributed by atoms with Gasteiger partial charge >= 0.3 is 0 Å². The molecule has 2 aromatic rings. The molecule has 5 rings (SSSR count). The van der Waals surface area contributed by atoms with Crippen LogP contribution in [0.5, 0.6) is 0 Å². The van der Waals surface area contributed by atoms with Gasteiger partial charge < -0.3 is 15.0 Å². The van der Waals surface area contributed by atoms with Gasteiger partial charge in [-0.2, -0.15) is 5.26 Å². The highest BCUT2D eigenvalue weighted by Crippen LogP contribution is 2.39. The van der Waals surface area contributed by atoms with Crippen molar-refractivity contribution in [2.75, 3.05) is 13.3 Å². The quantitative estimate of drug-likeness (QED) is 0.479. The second-order valence-corrected chi connectivity index (χ2v) is 16.2. The Morgan fingerprint density at radius 1 is 1.15 bits per heavy atom. The number of hydrogen-bond acceptors (Lipinski definition) is 6. The standard InChI is InChI=1S/C27H31N5OSi/c1-34(2,3)14-13-33-19-32-12-11-22-25(29-18-30-26(22)32)23-9-6-10-24(31-23)27(17-28)15-20-7-4-5-8-21(20)16-27/h4-12,18,26H,13-16,19H2,1-3H3,(H,29,30). The van der Waals surface area contributed by atoms with Gasteiger partial charge in [-0.15, -0.1) is 0 Å². The minimum atomic E-state index is -1.11. The summed E-state index contributed by atoms with van der Waals surface area (Å²) in [7, 11) is -1.11. The lowest BCUT2D eigenvalue weighted by Gasteiger charge is -2.29. The van der Waals surface area contributed by atoms with Crippen LogP contribution in [0, 0.1) is 11.3 Å². The summed E-state index contributed by atoms with van der Waals surface area (Å²) in [5.74, 6) is 0. The molecule has 34 heavy (non-hydrogen) atoms. The molecule has 7 heteroatoms. The van der Waals surface area contributed by atoms with E-state index in [1.165, 1.54) is 11.1 Å². The van der Waals surface area contributed by atoms with Crippen LogP contribution in [0.3, 0.4) is 0 Å². The van der Waals surface area contributed by atoms with Gasteiger partial charge in [-0.1, -0.05) is 50.0 Å². The summed E-state index contributed by atoms with van der Waals surface area (Å²) < 4.78 is 5.98. The predicted molar refractivity (Wildman–Crippen MR) is 138 cm³/mol. The van der Waals surface area contributed by atoms with Crippen molar-refractivity contribution in [1.29, 1.82) is 5.26 Å². The molecule has 0 spiro atoms. The van der Waals surface area contributed by atoms with Crippen molar-refractivity contribution < 1.29 is 4.74 Å². The van der Waals surface area contributed by atoms with Crippen LogP contribution < -0.4 is 5.32 Å². The molecule has 2 aliphatic heterocycles. The van der Waals surface area contributed by atoms with E-state index in [9.17, 15) is 5.26 Å². The highest BCUT2D eigenvalue weighted by molar-refractivity contribution is 6.76. The predicted octanol–water partition coefficient (Wildman–Crippen LogP) is 4.45. The van der Waals surface area contributed by atoms with E-state index in [1.807, 2.05) is 30.3 Å². The van der Waals surface area contributed by atoms with E-state index in [1.54, 1.807) is 6.34 Å². The second kappa shape index (κ2) is 8.86. The van der Waals surface area contributed by atoms with Gasteiger partial charge in [-0.3, -0.25) is 0 Å². The molecule has 0 bridgehead atoms. The van der Waals surface area contributed by atoms with E-state index < -0.39 is 13.5 Å². The molecule has 0 radical (unpaired) electrons. The SMILES string of the molecule is C[Si](C)(C)CCOCN1C=CC2=C(c3cccc(C4(C#N)Cc5ccccc5C4)n3)N=CNC21. The van der Waals surface area contributed by atoms with Gasteiger partial charge in [0.1, 0.15) is 18.3 Å². The lowest BCUT2D eigenvalue weighted by Crippen LogP contribution is -2.43. The van der Waals surface area contributed by atoms with E-state index in [0.29, 0.717) is 19.6 Å². The third-order valence-electron chi connectivity index (χ3n) is 6.81. The Labute approximate surface area is 202 Å². The van der Waals surface area contributed by atoms with Crippen LogP contribution in [0.15, 0.2) is 65.3 Å². The highest BCUT2D eigenvalue weighted by atomic mass is 28.3. The molecular formula is C27H31N5OSi. The molecule has 0 saturated carbocycles. The molecule has 6 nitrogen and oxygen atoms in total. The number of nitriles is 1. The van der Waals surface area contributed by atoms with E-state index in [2.05, 4.69) is 65.3 Å². The third kappa shape index (κ3) is 4.31. The van der Waals surface area contributed by atoms with Crippen LogP contribution in [-0.2, 0) is 23.0 Å². The smallest absolute Gasteiger partial charge is 0.130 e. The van der Waals surface area contributed by atoms with Crippen molar-refractivity contribution in [3.05, 3.63) is 82.8 Å². The van der Waals surface area contributed by atoms with Crippen molar-refractivity contribution >= 4 is 20.1 Å². The van der Waals surface area contributed by atoms with E-state index >= 15 is 0 Å². The minimum Gasteiger partial charge on any atom is -0.361 e. The van der Waals surface area contributed by atoms with Crippen LogP contribution in [-0.4, -0.2) is 43.8 Å². The third-order valence-corrected chi connectivity index (χ3v) is 8.51. The van der Waals surface area contributed by atoms with Crippen LogP contribution in [0.2, 0.25) is 25.7 Å². The Morgan fingerprint density at radius 3 is 2.62 bits per heavy atom. The van der Waals surface area contributed by atoms with E-state index in [0.717, 1.165) is 35.3 Å². The van der Waals surface area contributed by atoms with E-state index in [4.69, 9.17) is 9.72 Å². The Bertz CT molecular complexity index is 1200. The zero-order chi connectivity index (χ0) is 23.8. The van der Waals surface area contributed by atoms with Gasteiger partial charge in [0.05, 0.1) is 29.5 Å². The molecule has 1 aliphatic carbocycles. The summed E-state index contributed by atoms with van der Waals surface area (Å²) in [5.41, 5.74) is 5.37. The van der Waals surface area contributed by atoms with Gasteiger partial charge in [-0.05, 0) is 48.2 Å². The Kier molecular flexibility index (Phi) is 5.88. The largest absolute Gasteiger partial charge is 0.361 e. The molecule has 1 aromatic carbocycles. The van der Waals surface area contributed by atoms with Crippen LogP contribution in [0.25, 0.3) is 5.70 Å². The molecule has 0 saturated heterocycles. The van der Waals surface area contributed by atoms with Crippen molar-refractivity contribution in [3.8, 4) is 6.07 Å². The van der Waals surface area contributed by atoms with Crippen molar-refractivity contribution in [3.63, 3.8) is 0 Å². The first-order valence-corrected chi connectivity index (χ1v) is 15.6. The molecule has 1 unspecified atom stereocenters. The summed E-state index contributed by atoms with van der Waals surface area (Å²) in [6.07, 6.45) is 7.25. The van der Waals surface area contributed by atoms with Crippen molar-refractivity contribution in [2.45, 2.75) is 50.1 Å². The molecule has 174 valence electrons. The van der Waals surface area contributed by atoms with E-state index in [-0.39, 0.29) is 6.17 Å². The molecule has 1 aromatic heterocycles. The van der Waals surface area contributed by atoms with Crippen molar-refractivity contribution in [1.82, 2.24) is 15.2 Å². The molecule has 1 atom stereocenters. The van der Waals surface area contributed by atoms with Gasteiger partial charge in [0.25, 0.3) is 0 Å². The molecular weight excluding hydrogens is 438 g/mol. The number of pyridine rings is 1. The first-order valence-electron chi connectivity index (χ1n) is 11.9. The second-order valence-electron chi connectivity index (χ2n) is 10.5. The molecule has 3 aliphatic rings. The maximum atomic E-state index is 10.2. The number of nitrogens with zero attached hydrogens (tertiary/aromatic N) is 4. The zero-order valence-corrected chi connectivity index (χ0v) is 21.1. The zero-order valence-electron chi connectivity index (χ0n) is 20.1. The summed E-state index contributed by atoms with van der Waals surface area (Å²) in [5, 5.41) is 13.6. The number of fused-ring (bicyclic) bond motifs is 2. The first-order chi connectivity index (χ1) is 16.4. The summed E-state index contributed by atoms with van der Waals surface area (Å²) in [4.78, 5) is 11.8. The highest BCUT2D eigenvalue weighted by Gasteiger charge is 2.40. The maximum absolute atomic E-state index is 10.2. The average molecular weight is 470 g/mol. The lowest BCUT2D eigenvalue weighted by molar-refractivity contribution is 0.0492. The van der Waals surface area contributed by atoms with Gasteiger partial charge in [-0.25, -0.2) is 9.98 Å². The Balaban J connectivity index is 1.37. The number of aliphatic imine (C=N–C) groups is 1. The minimum absolute atomic E-state index is 0.0227. The Hall–Kier alpha value is -3.21. The van der Waals surface area contributed by atoms with Gasteiger partial charge in [0.2, 0.25) is 0 Å². The lowest BCUT2D eigenvalue weighted by atomic mass is 9.82. The number of aromatic nitrogens is 1. The normalized spacial score (nSPS) is 20.2. The number of nitrogens with one attached hydrogen (secondary N) is 1. The number of hydrogen-bond donors (Lipinski definition) is 1.